The summed E-state index contributed by atoms with van der Waals surface area (Å²) in [5, 5.41) is 9.44. The van der Waals surface area contributed by atoms with E-state index in [9.17, 15) is 9.90 Å². The van der Waals surface area contributed by atoms with Crippen LogP contribution in [0.25, 0.3) is 0 Å². The summed E-state index contributed by atoms with van der Waals surface area (Å²) in [4.78, 5) is 10.9. The Balaban J connectivity index is 1.98. The molecular formula is C8H12O4. The summed E-state index contributed by atoms with van der Waals surface area (Å²) in [6, 6.07) is 0. The molecule has 4 heteroatoms. The average Bonchev–Trinajstić information content (AvgIpc) is 2.58. The van der Waals surface area contributed by atoms with Crippen LogP contribution >= 0.6 is 0 Å². The summed E-state index contributed by atoms with van der Waals surface area (Å²) >= 11 is 0. The van der Waals surface area contributed by atoms with Crippen LogP contribution in [0.2, 0.25) is 0 Å². The van der Waals surface area contributed by atoms with Gasteiger partial charge in [0, 0.05) is 18.8 Å². The molecule has 0 spiro atoms. The second kappa shape index (κ2) is 3.12. The number of hydrogen-bond acceptors (Lipinski definition) is 4. The second-order valence-electron chi connectivity index (χ2n) is 3.29. The van der Waals surface area contributed by atoms with Gasteiger partial charge in [-0.1, -0.05) is 0 Å². The van der Waals surface area contributed by atoms with Gasteiger partial charge >= 0.3 is 0 Å². The third kappa shape index (κ3) is 1.37. The summed E-state index contributed by atoms with van der Waals surface area (Å²) < 4.78 is 10.4. The van der Waals surface area contributed by atoms with Gasteiger partial charge in [0.2, 0.25) is 0 Å². The topological polar surface area (TPSA) is 55.8 Å². The zero-order chi connectivity index (χ0) is 8.55. The van der Waals surface area contributed by atoms with E-state index in [1.165, 1.54) is 0 Å². The van der Waals surface area contributed by atoms with Crippen molar-refractivity contribution in [2.75, 3.05) is 13.2 Å². The third-order valence-corrected chi connectivity index (χ3v) is 2.39. The summed E-state index contributed by atoms with van der Waals surface area (Å²) in [6.45, 7) is 1.14. The van der Waals surface area contributed by atoms with E-state index in [1.54, 1.807) is 0 Å². The van der Waals surface area contributed by atoms with Crippen LogP contribution in [0.1, 0.15) is 12.8 Å². The number of Topliss-reactive ketones (excluding diaryl/α,β-unsaturated/α-hetero) is 1. The van der Waals surface area contributed by atoms with Crippen molar-refractivity contribution >= 4 is 5.78 Å². The Morgan fingerprint density at radius 3 is 2.42 bits per heavy atom. The highest BCUT2D eigenvalue weighted by Crippen LogP contribution is 2.29. The van der Waals surface area contributed by atoms with Crippen LogP contribution in [0.5, 0.6) is 0 Å². The molecule has 0 aromatic carbocycles. The normalized spacial score (nSPS) is 37.9. The molecule has 1 aliphatic carbocycles. The first-order valence-corrected chi connectivity index (χ1v) is 4.20. The van der Waals surface area contributed by atoms with Gasteiger partial charge in [0.15, 0.2) is 6.29 Å². The molecule has 0 radical (unpaired) electrons. The van der Waals surface area contributed by atoms with Crippen LogP contribution in [-0.2, 0) is 14.3 Å². The number of hydrogen-bond donors (Lipinski definition) is 1. The van der Waals surface area contributed by atoms with E-state index in [1.807, 2.05) is 0 Å². The number of ketones is 1. The molecule has 0 amide bonds. The molecule has 2 fully saturated rings. The molecule has 0 aromatic rings. The number of carbonyl (C=O) groups excluding carboxylic acids is 1. The molecule has 1 saturated heterocycles. The Morgan fingerprint density at radius 1 is 1.25 bits per heavy atom. The highest BCUT2D eigenvalue weighted by Gasteiger charge is 2.39. The minimum absolute atomic E-state index is 0.103. The predicted octanol–water partition coefficient (Wildman–Crippen LogP) is -0.301. The zero-order valence-corrected chi connectivity index (χ0v) is 6.73. The van der Waals surface area contributed by atoms with Crippen molar-refractivity contribution in [3.63, 3.8) is 0 Å². The molecule has 2 rings (SSSR count). The Bertz CT molecular complexity index is 185. The smallest absolute Gasteiger partial charge is 0.163 e. The summed E-state index contributed by atoms with van der Waals surface area (Å²) in [5.74, 6) is -0.0356. The van der Waals surface area contributed by atoms with Crippen molar-refractivity contribution < 1.29 is 19.4 Å². The monoisotopic (exact) mass is 172 g/mol. The van der Waals surface area contributed by atoms with Gasteiger partial charge in [-0.3, -0.25) is 4.79 Å². The Labute approximate surface area is 70.5 Å². The maximum absolute atomic E-state index is 10.9. The van der Waals surface area contributed by atoms with Crippen molar-refractivity contribution in [3.05, 3.63) is 0 Å². The van der Waals surface area contributed by atoms with Gasteiger partial charge in [-0.25, -0.2) is 0 Å². The van der Waals surface area contributed by atoms with Crippen molar-refractivity contribution in [3.8, 4) is 0 Å². The van der Waals surface area contributed by atoms with E-state index in [0.717, 1.165) is 0 Å². The molecule has 4 nitrogen and oxygen atoms in total. The first kappa shape index (κ1) is 8.16. The number of carbonyl (C=O) groups is 1. The lowest BCUT2D eigenvalue weighted by Crippen LogP contribution is -2.27. The second-order valence-corrected chi connectivity index (χ2v) is 3.29. The molecule has 68 valence electrons. The molecule has 1 N–H and O–H groups in total. The molecule has 1 aliphatic heterocycles. The van der Waals surface area contributed by atoms with E-state index in [0.29, 0.717) is 19.6 Å². The number of ether oxygens (including phenoxy) is 2. The van der Waals surface area contributed by atoms with Crippen LogP contribution in [0.4, 0.5) is 0 Å². The van der Waals surface area contributed by atoms with E-state index >= 15 is 0 Å². The zero-order valence-electron chi connectivity index (χ0n) is 6.73. The largest absolute Gasteiger partial charge is 0.392 e. The van der Waals surface area contributed by atoms with Crippen LogP contribution in [0.3, 0.4) is 0 Å². The fraction of sp³-hybridized carbons (Fsp3) is 0.875. The quantitative estimate of drug-likeness (QED) is 0.590. The van der Waals surface area contributed by atoms with E-state index in [4.69, 9.17) is 9.47 Å². The molecule has 0 unspecified atom stereocenters. The van der Waals surface area contributed by atoms with Gasteiger partial charge in [0.25, 0.3) is 0 Å². The molecule has 1 heterocycles. The lowest BCUT2D eigenvalue weighted by molar-refractivity contribution is -0.120. The fourth-order valence-electron chi connectivity index (χ4n) is 1.77. The molecule has 12 heavy (non-hydrogen) atoms. The lowest BCUT2D eigenvalue weighted by atomic mass is 10.1. The maximum Gasteiger partial charge on any atom is 0.163 e. The molecule has 2 atom stereocenters. The van der Waals surface area contributed by atoms with Crippen molar-refractivity contribution in [2.45, 2.75) is 25.2 Å². The first-order chi connectivity index (χ1) is 5.77. The summed E-state index contributed by atoms with van der Waals surface area (Å²) in [7, 11) is 0. The maximum atomic E-state index is 10.9. The minimum atomic E-state index is -0.569. The van der Waals surface area contributed by atoms with Gasteiger partial charge in [-0.15, -0.1) is 0 Å². The number of aliphatic hydroxyl groups excluding tert-OH is 1. The summed E-state index contributed by atoms with van der Waals surface area (Å²) in [5.41, 5.74) is 0. The average molecular weight is 172 g/mol. The van der Waals surface area contributed by atoms with E-state index < -0.39 is 6.10 Å². The van der Waals surface area contributed by atoms with Crippen LogP contribution in [0, 0.1) is 5.92 Å². The van der Waals surface area contributed by atoms with E-state index in [-0.39, 0.29) is 24.4 Å². The Hall–Kier alpha value is -0.450. The van der Waals surface area contributed by atoms with Gasteiger partial charge in [-0.2, -0.15) is 0 Å². The summed E-state index contributed by atoms with van der Waals surface area (Å²) in [6.07, 6.45) is -0.272. The molecule has 2 aliphatic rings. The Kier molecular flexibility index (Phi) is 2.12. The van der Waals surface area contributed by atoms with Gasteiger partial charge in [0.05, 0.1) is 19.3 Å². The van der Waals surface area contributed by atoms with Crippen LogP contribution < -0.4 is 0 Å². The molecular weight excluding hydrogens is 160 g/mol. The fourth-order valence-corrected chi connectivity index (χ4v) is 1.77. The molecule has 0 bridgehead atoms. The van der Waals surface area contributed by atoms with Crippen molar-refractivity contribution in [1.29, 1.82) is 0 Å². The molecule has 1 saturated carbocycles. The SMILES string of the molecule is O=C1C[C@H](O)[C@H](C2OCCO2)C1. The number of aliphatic hydroxyl groups is 1. The highest BCUT2D eigenvalue weighted by atomic mass is 16.7. The van der Waals surface area contributed by atoms with Gasteiger partial charge in [-0.05, 0) is 0 Å². The van der Waals surface area contributed by atoms with Crippen LogP contribution in [0.15, 0.2) is 0 Å². The van der Waals surface area contributed by atoms with Crippen molar-refractivity contribution in [2.24, 2.45) is 5.92 Å². The lowest BCUT2D eigenvalue weighted by Gasteiger charge is -2.18. The highest BCUT2D eigenvalue weighted by molar-refractivity contribution is 5.81. The minimum Gasteiger partial charge on any atom is -0.392 e. The van der Waals surface area contributed by atoms with Gasteiger partial charge in [0.1, 0.15) is 5.78 Å². The van der Waals surface area contributed by atoms with Gasteiger partial charge < -0.3 is 14.6 Å². The number of rotatable bonds is 1. The first-order valence-electron chi connectivity index (χ1n) is 4.20. The molecule has 0 aromatic heterocycles. The standard InChI is InChI=1S/C8H12O4/c9-5-3-6(7(10)4-5)8-11-1-2-12-8/h6-8,10H,1-4H2/t6-,7+/m1/s1. The Morgan fingerprint density at radius 2 is 1.92 bits per heavy atom. The van der Waals surface area contributed by atoms with Crippen LogP contribution in [-0.4, -0.2) is 36.5 Å². The third-order valence-electron chi connectivity index (χ3n) is 2.39. The van der Waals surface area contributed by atoms with E-state index in [2.05, 4.69) is 0 Å². The van der Waals surface area contributed by atoms with Crippen molar-refractivity contribution in [1.82, 2.24) is 0 Å². The predicted molar refractivity (Wildman–Crippen MR) is 39.4 cm³/mol.